The molecule has 1 fully saturated rings. The maximum atomic E-state index is 9.48. The third-order valence-electron chi connectivity index (χ3n) is 2.95. The van der Waals surface area contributed by atoms with Gasteiger partial charge in [0, 0.05) is 6.42 Å². The van der Waals surface area contributed by atoms with Gasteiger partial charge in [-0.1, -0.05) is 18.2 Å². The maximum Gasteiger partial charge on any atom is 0.123 e. The summed E-state index contributed by atoms with van der Waals surface area (Å²) in [6.07, 6.45) is 2.96. The number of benzene rings is 1. The number of rotatable bonds is 4. The van der Waals surface area contributed by atoms with Gasteiger partial charge in [-0.3, -0.25) is 0 Å². The molecule has 1 unspecified atom stereocenters. The first-order valence-corrected chi connectivity index (χ1v) is 7.41. The minimum Gasteiger partial charge on any atom is -0.490 e. The van der Waals surface area contributed by atoms with Crippen molar-refractivity contribution in [2.45, 2.75) is 38.4 Å². The summed E-state index contributed by atoms with van der Waals surface area (Å²) in [4.78, 5) is 0. The normalized spacial score (nSPS) is 18.9. The van der Waals surface area contributed by atoms with Gasteiger partial charge in [-0.25, -0.2) is 0 Å². The first-order valence-electron chi connectivity index (χ1n) is 6.26. The van der Waals surface area contributed by atoms with Crippen LogP contribution in [-0.2, 0) is 6.42 Å². The summed E-state index contributed by atoms with van der Waals surface area (Å²) >= 11 is 2.00. The molecule has 1 aliphatic heterocycles. The number of hydrogen-bond donors (Lipinski definition) is 1. The Labute approximate surface area is 107 Å². The third-order valence-corrected chi connectivity index (χ3v) is 4.00. The highest BCUT2D eigenvalue weighted by Crippen LogP contribution is 2.26. The predicted molar refractivity (Wildman–Crippen MR) is 72.8 cm³/mol. The second-order valence-electron chi connectivity index (χ2n) is 4.59. The smallest absolute Gasteiger partial charge is 0.123 e. The van der Waals surface area contributed by atoms with E-state index in [0.29, 0.717) is 12.5 Å². The van der Waals surface area contributed by atoms with Crippen LogP contribution in [-0.4, -0.2) is 28.8 Å². The van der Waals surface area contributed by atoms with Gasteiger partial charge in [0.2, 0.25) is 0 Å². The molecule has 1 aromatic carbocycles. The topological polar surface area (TPSA) is 29.5 Å². The number of para-hydroxylation sites is 1. The van der Waals surface area contributed by atoms with Crippen LogP contribution in [0.5, 0.6) is 5.75 Å². The van der Waals surface area contributed by atoms with Crippen molar-refractivity contribution in [3.8, 4) is 5.75 Å². The van der Waals surface area contributed by atoms with Crippen molar-refractivity contribution in [1.29, 1.82) is 0 Å². The standard InChI is InChI=1S/C14H20O2S/c1-11(15)10-12-4-2-3-5-14(12)16-13-6-8-17-9-7-13/h2-5,11,13,15H,6-10H2,1H3. The van der Waals surface area contributed by atoms with Crippen LogP contribution >= 0.6 is 11.8 Å². The number of aliphatic hydroxyl groups excluding tert-OH is 1. The molecular formula is C14H20O2S. The molecule has 1 heterocycles. The molecule has 0 bridgehead atoms. The summed E-state index contributed by atoms with van der Waals surface area (Å²) in [6.45, 7) is 1.81. The van der Waals surface area contributed by atoms with Gasteiger partial charge in [0.15, 0.2) is 0 Å². The van der Waals surface area contributed by atoms with E-state index in [-0.39, 0.29) is 6.10 Å². The fraction of sp³-hybridized carbons (Fsp3) is 0.571. The van der Waals surface area contributed by atoms with Crippen LogP contribution in [0.4, 0.5) is 0 Å². The van der Waals surface area contributed by atoms with Crippen molar-refractivity contribution in [3.63, 3.8) is 0 Å². The van der Waals surface area contributed by atoms with E-state index in [9.17, 15) is 5.11 Å². The Morgan fingerprint density at radius 2 is 2.06 bits per heavy atom. The average Bonchev–Trinajstić information content (AvgIpc) is 2.32. The second kappa shape index (κ2) is 6.31. The fourth-order valence-corrected chi connectivity index (χ4v) is 3.14. The van der Waals surface area contributed by atoms with Gasteiger partial charge >= 0.3 is 0 Å². The molecule has 1 atom stereocenters. The minimum absolute atomic E-state index is 0.318. The number of thioether (sulfide) groups is 1. The van der Waals surface area contributed by atoms with Crippen molar-refractivity contribution in [1.82, 2.24) is 0 Å². The second-order valence-corrected chi connectivity index (χ2v) is 5.82. The molecule has 1 N–H and O–H groups in total. The van der Waals surface area contributed by atoms with Crippen LogP contribution in [0.25, 0.3) is 0 Å². The van der Waals surface area contributed by atoms with Gasteiger partial charge in [0.05, 0.1) is 6.10 Å². The van der Waals surface area contributed by atoms with E-state index in [1.54, 1.807) is 0 Å². The van der Waals surface area contributed by atoms with E-state index >= 15 is 0 Å². The van der Waals surface area contributed by atoms with E-state index in [0.717, 1.165) is 24.2 Å². The summed E-state index contributed by atoms with van der Waals surface area (Å²) < 4.78 is 6.06. The average molecular weight is 252 g/mol. The van der Waals surface area contributed by atoms with Gasteiger partial charge in [-0.15, -0.1) is 0 Å². The van der Waals surface area contributed by atoms with Crippen molar-refractivity contribution in [3.05, 3.63) is 29.8 Å². The van der Waals surface area contributed by atoms with Crippen LogP contribution < -0.4 is 4.74 Å². The Hall–Kier alpha value is -0.670. The molecule has 94 valence electrons. The van der Waals surface area contributed by atoms with Crippen LogP contribution in [0.3, 0.4) is 0 Å². The van der Waals surface area contributed by atoms with Crippen LogP contribution in [0.2, 0.25) is 0 Å². The summed E-state index contributed by atoms with van der Waals surface area (Å²) in [5, 5.41) is 9.48. The zero-order chi connectivity index (χ0) is 12.1. The first-order chi connectivity index (χ1) is 8.25. The Morgan fingerprint density at radius 3 is 2.76 bits per heavy atom. The highest BCUT2D eigenvalue weighted by Gasteiger charge is 2.16. The van der Waals surface area contributed by atoms with Gasteiger partial charge < -0.3 is 9.84 Å². The Bertz CT molecular complexity index is 346. The van der Waals surface area contributed by atoms with E-state index < -0.39 is 0 Å². The molecule has 1 saturated heterocycles. The molecule has 17 heavy (non-hydrogen) atoms. The van der Waals surface area contributed by atoms with Gasteiger partial charge in [0.25, 0.3) is 0 Å². The van der Waals surface area contributed by atoms with Gasteiger partial charge in [-0.2, -0.15) is 11.8 Å². The summed E-state index contributed by atoms with van der Waals surface area (Å²) in [7, 11) is 0. The summed E-state index contributed by atoms with van der Waals surface area (Å²) in [5.74, 6) is 3.34. The predicted octanol–water partition coefficient (Wildman–Crippen LogP) is 2.88. The van der Waals surface area contributed by atoms with E-state index in [2.05, 4.69) is 0 Å². The molecule has 2 nitrogen and oxygen atoms in total. The summed E-state index contributed by atoms with van der Waals surface area (Å²) in [5.41, 5.74) is 1.11. The largest absolute Gasteiger partial charge is 0.490 e. The summed E-state index contributed by atoms with van der Waals surface area (Å²) in [6, 6.07) is 8.05. The van der Waals surface area contributed by atoms with E-state index in [1.165, 1.54) is 11.5 Å². The minimum atomic E-state index is -0.318. The quantitative estimate of drug-likeness (QED) is 0.893. The lowest BCUT2D eigenvalue weighted by atomic mass is 10.1. The van der Waals surface area contributed by atoms with Gasteiger partial charge in [0.1, 0.15) is 11.9 Å². The number of hydrogen-bond acceptors (Lipinski definition) is 3. The maximum absolute atomic E-state index is 9.48. The van der Waals surface area contributed by atoms with Crippen molar-refractivity contribution < 1.29 is 9.84 Å². The fourth-order valence-electron chi connectivity index (χ4n) is 2.08. The first kappa shape index (κ1) is 12.8. The lowest BCUT2D eigenvalue weighted by Gasteiger charge is -2.24. The zero-order valence-corrected chi connectivity index (χ0v) is 11.1. The van der Waals surface area contributed by atoms with Crippen LogP contribution in [0, 0.1) is 0 Å². The Balaban J connectivity index is 2.03. The third kappa shape index (κ3) is 3.93. The number of ether oxygens (including phenoxy) is 1. The molecule has 2 rings (SSSR count). The highest BCUT2D eigenvalue weighted by atomic mass is 32.2. The molecule has 0 radical (unpaired) electrons. The molecule has 0 aliphatic carbocycles. The monoisotopic (exact) mass is 252 g/mol. The van der Waals surface area contributed by atoms with E-state index in [1.807, 2.05) is 43.0 Å². The molecule has 0 amide bonds. The van der Waals surface area contributed by atoms with Gasteiger partial charge in [-0.05, 0) is 42.9 Å². The highest BCUT2D eigenvalue weighted by molar-refractivity contribution is 7.99. The van der Waals surface area contributed by atoms with Crippen molar-refractivity contribution in [2.75, 3.05) is 11.5 Å². The lowest BCUT2D eigenvalue weighted by molar-refractivity contribution is 0.178. The SMILES string of the molecule is CC(O)Cc1ccccc1OC1CCSCC1. The zero-order valence-electron chi connectivity index (χ0n) is 10.3. The molecule has 1 aromatic rings. The van der Waals surface area contributed by atoms with Crippen molar-refractivity contribution in [2.24, 2.45) is 0 Å². The molecule has 3 heteroatoms. The molecule has 0 aromatic heterocycles. The van der Waals surface area contributed by atoms with Crippen LogP contribution in [0.15, 0.2) is 24.3 Å². The van der Waals surface area contributed by atoms with Crippen molar-refractivity contribution >= 4 is 11.8 Å². The van der Waals surface area contributed by atoms with Crippen LogP contribution in [0.1, 0.15) is 25.3 Å². The molecular weight excluding hydrogens is 232 g/mol. The Kier molecular flexibility index (Phi) is 4.75. The lowest BCUT2D eigenvalue weighted by Crippen LogP contribution is -2.22. The number of aliphatic hydroxyl groups is 1. The van der Waals surface area contributed by atoms with E-state index in [4.69, 9.17) is 4.74 Å². The Morgan fingerprint density at radius 1 is 1.35 bits per heavy atom. The molecule has 0 saturated carbocycles. The molecule has 1 aliphatic rings. The molecule has 0 spiro atoms.